The van der Waals surface area contributed by atoms with Gasteiger partial charge in [-0.2, -0.15) is 0 Å². The Morgan fingerprint density at radius 2 is 2.07 bits per heavy atom. The van der Waals surface area contributed by atoms with Gasteiger partial charge < -0.3 is 9.73 Å². The molecule has 8 heteroatoms. The average molecular weight is 385 g/mol. The number of rotatable bonds is 5. The zero-order chi connectivity index (χ0) is 18.8. The van der Waals surface area contributed by atoms with E-state index in [4.69, 9.17) is 4.42 Å². The Hall–Kier alpha value is -3.00. The van der Waals surface area contributed by atoms with Gasteiger partial charge in [0.05, 0.1) is 24.4 Å². The normalized spacial score (nSPS) is 15.4. The van der Waals surface area contributed by atoms with Crippen molar-refractivity contribution >= 4 is 28.3 Å². The van der Waals surface area contributed by atoms with Crippen molar-refractivity contribution in [2.75, 3.05) is 5.32 Å². The summed E-state index contributed by atoms with van der Waals surface area (Å²) >= 11 is 1.37. The number of carbonyl (C=O) groups is 2. The van der Waals surface area contributed by atoms with Crippen LogP contribution in [0.1, 0.15) is 39.0 Å². The molecular weight excluding hydrogens is 369 g/mol. The van der Waals surface area contributed by atoms with Gasteiger partial charge in [0, 0.05) is 10.4 Å². The van der Waals surface area contributed by atoms with Crippen LogP contribution < -0.4 is 10.6 Å². The molecule has 2 N–H and O–H groups in total. The van der Waals surface area contributed by atoms with Crippen LogP contribution in [0.4, 0.5) is 9.52 Å². The molecule has 0 bridgehead atoms. The van der Waals surface area contributed by atoms with Crippen LogP contribution in [0.3, 0.4) is 0 Å². The minimum Gasteiger partial charge on any atom is -0.467 e. The molecule has 1 aliphatic carbocycles. The highest BCUT2D eigenvalue weighted by Crippen LogP contribution is 2.38. The fourth-order valence-electron chi connectivity index (χ4n) is 3.02. The van der Waals surface area contributed by atoms with E-state index in [0.717, 1.165) is 11.3 Å². The minimum absolute atomic E-state index is 0.105. The van der Waals surface area contributed by atoms with E-state index < -0.39 is 5.82 Å². The number of nitrogens with zero attached hydrogens (tertiary/aromatic N) is 1. The highest BCUT2D eigenvalue weighted by atomic mass is 32.1. The molecule has 2 amide bonds. The monoisotopic (exact) mass is 385 g/mol. The molecule has 0 saturated heterocycles. The van der Waals surface area contributed by atoms with Crippen LogP contribution in [0.2, 0.25) is 0 Å². The number of benzene rings is 1. The smallest absolute Gasteiger partial charge is 0.257 e. The summed E-state index contributed by atoms with van der Waals surface area (Å²) in [5, 5.41) is 6.02. The number of nitrogens with one attached hydrogen (secondary N) is 2. The van der Waals surface area contributed by atoms with Gasteiger partial charge in [-0.1, -0.05) is 0 Å². The van der Waals surface area contributed by atoms with Gasteiger partial charge in [-0.05, 0) is 49.2 Å². The van der Waals surface area contributed by atoms with Gasteiger partial charge in [0.15, 0.2) is 5.13 Å². The summed E-state index contributed by atoms with van der Waals surface area (Å²) < 4.78 is 18.2. The topological polar surface area (TPSA) is 84.2 Å². The number of fused-ring (bicyclic) bond motifs is 1. The van der Waals surface area contributed by atoms with E-state index in [9.17, 15) is 14.0 Å². The zero-order valence-corrected chi connectivity index (χ0v) is 15.0. The molecule has 0 fully saturated rings. The van der Waals surface area contributed by atoms with Crippen molar-refractivity contribution in [2.45, 2.75) is 25.3 Å². The number of aryl methyl sites for hydroxylation is 1. The number of carbonyl (C=O) groups excluding carboxylic acids is 2. The Kier molecular flexibility index (Phi) is 4.72. The van der Waals surface area contributed by atoms with Crippen LogP contribution >= 0.6 is 11.3 Å². The molecule has 0 aliphatic heterocycles. The number of aromatic nitrogens is 1. The number of hydrogen-bond acceptors (Lipinski definition) is 5. The van der Waals surface area contributed by atoms with Crippen molar-refractivity contribution < 1.29 is 18.4 Å². The second-order valence-electron chi connectivity index (χ2n) is 6.18. The number of amides is 2. The Morgan fingerprint density at radius 1 is 1.26 bits per heavy atom. The molecule has 1 atom stereocenters. The highest BCUT2D eigenvalue weighted by Gasteiger charge is 2.32. The van der Waals surface area contributed by atoms with Crippen LogP contribution in [0.15, 0.2) is 47.1 Å². The fraction of sp³-hybridized carbons (Fsp3) is 0.211. The van der Waals surface area contributed by atoms with Crippen molar-refractivity contribution in [2.24, 2.45) is 0 Å². The van der Waals surface area contributed by atoms with Crippen molar-refractivity contribution in [3.05, 3.63) is 70.4 Å². The van der Waals surface area contributed by atoms with Crippen LogP contribution in [-0.4, -0.2) is 16.8 Å². The van der Waals surface area contributed by atoms with Crippen LogP contribution in [0.5, 0.6) is 0 Å². The van der Waals surface area contributed by atoms with E-state index in [1.165, 1.54) is 35.6 Å². The first-order chi connectivity index (χ1) is 13.1. The number of hydrogen-bond donors (Lipinski definition) is 2. The quantitative estimate of drug-likeness (QED) is 0.704. The molecule has 1 aliphatic rings. The standard InChI is InChI=1S/C19H16FN3O3S/c20-12-5-3-11(4-6-12)17(24)23-19-22-16-14(7-8-15(16)27-19)18(25)21-10-13-2-1-9-26-13/h1-6,9,14H,7-8,10H2,(H,21,25)(H,22,23,24). The molecule has 2 aromatic heterocycles. The number of furan rings is 1. The van der Waals surface area contributed by atoms with E-state index in [-0.39, 0.29) is 17.7 Å². The molecule has 0 radical (unpaired) electrons. The molecule has 27 heavy (non-hydrogen) atoms. The summed E-state index contributed by atoms with van der Waals surface area (Å²) in [6.07, 6.45) is 3.01. The fourth-order valence-corrected chi connectivity index (χ4v) is 4.05. The second-order valence-corrected chi connectivity index (χ2v) is 7.26. The zero-order valence-electron chi connectivity index (χ0n) is 14.2. The first-order valence-electron chi connectivity index (χ1n) is 8.47. The third-order valence-electron chi connectivity index (χ3n) is 4.38. The van der Waals surface area contributed by atoms with E-state index in [2.05, 4.69) is 15.6 Å². The Bertz CT molecular complexity index is 967. The summed E-state index contributed by atoms with van der Waals surface area (Å²) in [5.41, 5.74) is 1.06. The summed E-state index contributed by atoms with van der Waals surface area (Å²) in [4.78, 5) is 30.2. The minimum atomic E-state index is -0.400. The van der Waals surface area contributed by atoms with Crippen molar-refractivity contribution in [3.63, 3.8) is 0 Å². The Morgan fingerprint density at radius 3 is 2.81 bits per heavy atom. The lowest BCUT2D eigenvalue weighted by atomic mass is 10.1. The van der Waals surface area contributed by atoms with E-state index in [1.54, 1.807) is 18.4 Å². The lowest BCUT2D eigenvalue weighted by Gasteiger charge is -2.09. The summed E-state index contributed by atoms with van der Waals surface area (Å²) in [6.45, 7) is 0.329. The van der Waals surface area contributed by atoms with Gasteiger partial charge in [0.25, 0.3) is 5.91 Å². The van der Waals surface area contributed by atoms with Gasteiger partial charge >= 0.3 is 0 Å². The maximum atomic E-state index is 13.0. The van der Waals surface area contributed by atoms with E-state index >= 15 is 0 Å². The Balaban J connectivity index is 1.42. The van der Waals surface area contributed by atoms with Gasteiger partial charge in [-0.25, -0.2) is 9.37 Å². The third-order valence-corrected chi connectivity index (χ3v) is 5.42. The number of thiazole rings is 1. The predicted molar refractivity (Wildman–Crippen MR) is 98.1 cm³/mol. The van der Waals surface area contributed by atoms with Gasteiger partial charge in [0.2, 0.25) is 5.91 Å². The lowest BCUT2D eigenvalue weighted by Crippen LogP contribution is -2.28. The molecule has 1 unspecified atom stereocenters. The van der Waals surface area contributed by atoms with Crippen molar-refractivity contribution in [1.29, 1.82) is 0 Å². The summed E-state index contributed by atoms with van der Waals surface area (Å²) in [5.74, 6) is -0.508. The van der Waals surface area contributed by atoms with Gasteiger partial charge in [0.1, 0.15) is 11.6 Å². The van der Waals surface area contributed by atoms with Crippen molar-refractivity contribution in [1.82, 2.24) is 10.3 Å². The summed E-state index contributed by atoms with van der Waals surface area (Å²) in [7, 11) is 0. The predicted octanol–water partition coefficient (Wildman–Crippen LogP) is 3.47. The van der Waals surface area contributed by atoms with E-state index in [0.29, 0.717) is 35.1 Å². The number of anilines is 1. The number of halogens is 1. The van der Waals surface area contributed by atoms with Gasteiger partial charge in [-0.15, -0.1) is 11.3 Å². The molecule has 0 spiro atoms. The lowest BCUT2D eigenvalue weighted by molar-refractivity contribution is -0.122. The molecule has 6 nitrogen and oxygen atoms in total. The van der Waals surface area contributed by atoms with E-state index in [1.807, 2.05) is 0 Å². The molecule has 4 rings (SSSR count). The molecular formula is C19H16FN3O3S. The van der Waals surface area contributed by atoms with Crippen molar-refractivity contribution in [3.8, 4) is 0 Å². The maximum absolute atomic E-state index is 13.0. The molecule has 0 saturated carbocycles. The maximum Gasteiger partial charge on any atom is 0.257 e. The first-order valence-corrected chi connectivity index (χ1v) is 9.28. The molecule has 138 valence electrons. The van der Waals surface area contributed by atoms with Crippen LogP contribution in [-0.2, 0) is 17.8 Å². The molecule has 3 aromatic rings. The molecule has 1 aromatic carbocycles. The van der Waals surface area contributed by atoms with Crippen LogP contribution in [0.25, 0.3) is 0 Å². The van der Waals surface area contributed by atoms with Crippen LogP contribution in [0, 0.1) is 5.82 Å². The summed E-state index contributed by atoms with van der Waals surface area (Å²) in [6, 6.07) is 8.86. The second kappa shape index (κ2) is 7.32. The Labute approximate surface area is 158 Å². The first kappa shape index (κ1) is 17.4. The largest absolute Gasteiger partial charge is 0.467 e. The SMILES string of the molecule is O=C(Nc1nc2c(s1)CCC2C(=O)NCc1ccco1)c1ccc(F)cc1. The third kappa shape index (κ3) is 3.75. The average Bonchev–Trinajstić information content (AvgIpc) is 3.37. The molecule has 2 heterocycles. The van der Waals surface area contributed by atoms with Gasteiger partial charge in [-0.3, -0.25) is 14.9 Å². The highest BCUT2D eigenvalue weighted by molar-refractivity contribution is 7.16.